The Morgan fingerprint density at radius 2 is 1.68 bits per heavy atom. The molecule has 2 aromatic rings. The van der Waals surface area contributed by atoms with Crippen molar-refractivity contribution in [1.82, 2.24) is 0 Å². The lowest BCUT2D eigenvalue weighted by Gasteiger charge is -2.17. The van der Waals surface area contributed by atoms with Gasteiger partial charge in [0.25, 0.3) is 0 Å². The van der Waals surface area contributed by atoms with E-state index in [0.29, 0.717) is 19.6 Å². The summed E-state index contributed by atoms with van der Waals surface area (Å²) in [7, 11) is 0. The topological polar surface area (TPSA) is 47.6 Å². The summed E-state index contributed by atoms with van der Waals surface area (Å²) in [6, 6.07) is 9.83. The Labute approximate surface area is 150 Å². The maximum atomic E-state index is 11.8. The fourth-order valence-corrected chi connectivity index (χ4v) is 2.60. The van der Waals surface area contributed by atoms with Crippen LogP contribution in [0.4, 0.5) is 5.69 Å². The standard InChI is InChI=1S/C21H27NO3/c1-6-21(23)22-18-9-8-10-19(24-7-2)17(18)13-25-20-12-15(4)14(3)11-16(20)5/h8-12H,6-7,13H2,1-5H3,(H,22,23). The van der Waals surface area contributed by atoms with Gasteiger partial charge in [0.2, 0.25) is 5.91 Å². The van der Waals surface area contributed by atoms with Crippen molar-refractivity contribution in [2.24, 2.45) is 0 Å². The third-order valence-electron chi connectivity index (χ3n) is 4.19. The van der Waals surface area contributed by atoms with E-state index in [0.717, 1.165) is 28.3 Å². The number of nitrogens with one attached hydrogen (secondary N) is 1. The van der Waals surface area contributed by atoms with Gasteiger partial charge in [-0.3, -0.25) is 4.79 Å². The molecule has 134 valence electrons. The van der Waals surface area contributed by atoms with E-state index in [1.54, 1.807) is 0 Å². The van der Waals surface area contributed by atoms with E-state index in [1.807, 2.05) is 39.0 Å². The molecule has 0 heterocycles. The lowest BCUT2D eigenvalue weighted by molar-refractivity contribution is -0.115. The van der Waals surface area contributed by atoms with Crippen LogP contribution in [0.25, 0.3) is 0 Å². The molecular formula is C21H27NO3. The number of anilines is 1. The van der Waals surface area contributed by atoms with Crippen molar-refractivity contribution in [1.29, 1.82) is 0 Å². The minimum Gasteiger partial charge on any atom is -0.493 e. The van der Waals surface area contributed by atoms with Gasteiger partial charge in [0.15, 0.2) is 0 Å². The average Bonchev–Trinajstić information content (AvgIpc) is 2.58. The lowest BCUT2D eigenvalue weighted by atomic mass is 10.1. The first-order valence-corrected chi connectivity index (χ1v) is 8.71. The van der Waals surface area contributed by atoms with Crippen LogP contribution in [0.3, 0.4) is 0 Å². The zero-order valence-electron chi connectivity index (χ0n) is 15.7. The second-order valence-electron chi connectivity index (χ2n) is 6.11. The molecule has 0 atom stereocenters. The number of aryl methyl sites for hydroxylation is 3. The van der Waals surface area contributed by atoms with E-state index < -0.39 is 0 Å². The molecule has 0 radical (unpaired) electrons. The highest BCUT2D eigenvalue weighted by Gasteiger charge is 2.13. The van der Waals surface area contributed by atoms with Crippen LogP contribution in [-0.4, -0.2) is 12.5 Å². The zero-order valence-corrected chi connectivity index (χ0v) is 15.7. The summed E-state index contributed by atoms with van der Waals surface area (Å²) in [4.78, 5) is 11.8. The van der Waals surface area contributed by atoms with Crippen LogP contribution in [0.15, 0.2) is 30.3 Å². The Kier molecular flexibility index (Phi) is 6.45. The Morgan fingerprint density at radius 3 is 2.36 bits per heavy atom. The van der Waals surface area contributed by atoms with Gasteiger partial charge in [-0.15, -0.1) is 0 Å². The molecule has 25 heavy (non-hydrogen) atoms. The molecule has 0 aromatic heterocycles. The normalized spacial score (nSPS) is 10.4. The molecule has 0 aliphatic carbocycles. The predicted molar refractivity (Wildman–Crippen MR) is 102 cm³/mol. The number of hydrogen-bond acceptors (Lipinski definition) is 3. The van der Waals surface area contributed by atoms with Gasteiger partial charge >= 0.3 is 0 Å². The molecule has 4 heteroatoms. The maximum absolute atomic E-state index is 11.8. The molecule has 0 aliphatic heterocycles. The number of hydrogen-bond donors (Lipinski definition) is 1. The second kappa shape index (κ2) is 8.56. The van der Waals surface area contributed by atoms with Crippen molar-refractivity contribution in [3.05, 3.63) is 52.6 Å². The molecule has 2 rings (SSSR count). The molecule has 4 nitrogen and oxygen atoms in total. The van der Waals surface area contributed by atoms with Crippen LogP contribution in [0.1, 0.15) is 42.5 Å². The van der Waals surface area contributed by atoms with Crippen molar-refractivity contribution in [2.75, 3.05) is 11.9 Å². The van der Waals surface area contributed by atoms with Gasteiger partial charge in [-0.25, -0.2) is 0 Å². The summed E-state index contributed by atoms with van der Waals surface area (Å²) >= 11 is 0. The van der Waals surface area contributed by atoms with Crippen LogP contribution in [0.2, 0.25) is 0 Å². The molecule has 2 aromatic carbocycles. The van der Waals surface area contributed by atoms with Crippen LogP contribution >= 0.6 is 0 Å². The number of ether oxygens (including phenoxy) is 2. The van der Waals surface area contributed by atoms with E-state index in [2.05, 4.69) is 31.3 Å². The lowest BCUT2D eigenvalue weighted by Crippen LogP contribution is -2.13. The Morgan fingerprint density at radius 1 is 0.960 bits per heavy atom. The van der Waals surface area contributed by atoms with Gasteiger partial charge in [-0.2, -0.15) is 0 Å². The first kappa shape index (κ1) is 18.8. The SMILES string of the molecule is CCOc1cccc(NC(=O)CC)c1COc1cc(C)c(C)cc1C. The van der Waals surface area contributed by atoms with Crippen molar-refractivity contribution in [3.8, 4) is 11.5 Å². The molecule has 0 saturated heterocycles. The Bertz CT molecular complexity index is 753. The van der Waals surface area contributed by atoms with Crippen molar-refractivity contribution < 1.29 is 14.3 Å². The molecular weight excluding hydrogens is 314 g/mol. The molecule has 0 unspecified atom stereocenters. The monoisotopic (exact) mass is 341 g/mol. The molecule has 0 bridgehead atoms. The molecule has 1 amide bonds. The van der Waals surface area contributed by atoms with Crippen molar-refractivity contribution in [2.45, 2.75) is 47.6 Å². The number of benzene rings is 2. The van der Waals surface area contributed by atoms with Gasteiger partial charge in [0.1, 0.15) is 18.1 Å². The molecule has 0 saturated carbocycles. The van der Waals surface area contributed by atoms with E-state index in [4.69, 9.17) is 9.47 Å². The average molecular weight is 341 g/mol. The summed E-state index contributed by atoms with van der Waals surface area (Å²) < 4.78 is 11.8. The number of carbonyl (C=O) groups is 1. The van der Waals surface area contributed by atoms with Crippen molar-refractivity contribution in [3.63, 3.8) is 0 Å². The quantitative estimate of drug-likeness (QED) is 0.776. The number of amides is 1. The molecule has 0 spiro atoms. The first-order chi connectivity index (χ1) is 12.0. The van der Waals surface area contributed by atoms with Crippen LogP contribution in [-0.2, 0) is 11.4 Å². The minimum atomic E-state index is -0.0303. The minimum absolute atomic E-state index is 0.0303. The van der Waals surface area contributed by atoms with E-state index in [9.17, 15) is 4.79 Å². The van der Waals surface area contributed by atoms with E-state index >= 15 is 0 Å². The summed E-state index contributed by atoms with van der Waals surface area (Å²) in [6.07, 6.45) is 0.426. The van der Waals surface area contributed by atoms with Gasteiger partial charge in [0, 0.05) is 6.42 Å². The van der Waals surface area contributed by atoms with E-state index in [-0.39, 0.29) is 5.91 Å². The van der Waals surface area contributed by atoms with Crippen LogP contribution in [0.5, 0.6) is 11.5 Å². The summed E-state index contributed by atoms with van der Waals surface area (Å²) in [5, 5.41) is 2.93. The molecule has 0 aliphatic rings. The van der Waals surface area contributed by atoms with Crippen LogP contribution in [0, 0.1) is 20.8 Å². The summed E-state index contributed by atoms with van der Waals surface area (Å²) in [5.74, 6) is 1.55. The highest BCUT2D eigenvalue weighted by Crippen LogP contribution is 2.30. The number of rotatable bonds is 7. The highest BCUT2D eigenvalue weighted by atomic mass is 16.5. The van der Waals surface area contributed by atoms with Gasteiger partial charge in [-0.1, -0.05) is 19.1 Å². The fourth-order valence-electron chi connectivity index (χ4n) is 2.60. The largest absolute Gasteiger partial charge is 0.493 e. The van der Waals surface area contributed by atoms with Gasteiger partial charge < -0.3 is 14.8 Å². The van der Waals surface area contributed by atoms with Crippen molar-refractivity contribution >= 4 is 11.6 Å². The number of carbonyl (C=O) groups excluding carboxylic acids is 1. The third kappa shape index (κ3) is 4.75. The second-order valence-corrected chi connectivity index (χ2v) is 6.11. The summed E-state index contributed by atoms with van der Waals surface area (Å²) in [5.41, 5.74) is 5.12. The third-order valence-corrected chi connectivity index (χ3v) is 4.19. The summed E-state index contributed by atoms with van der Waals surface area (Å²) in [6.45, 7) is 10.9. The fraction of sp³-hybridized carbons (Fsp3) is 0.381. The van der Waals surface area contributed by atoms with Gasteiger partial charge in [0.05, 0.1) is 17.9 Å². The van der Waals surface area contributed by atoms with Gasteiger partial charge in [-0.05, 0) is 62.6 Å². The Hall–Kier alpha value is -2.49. The Balaban J connectivity index is 2.30. The first-order valence-electron chi connectivity index (χ1n) is 8.71. The maximum Gasteiger partial charge on any atom is 0.224 e. The van der Waals surface area contributed by atoms with Crippen LogP contribution < -0.4 is 14.8 Å². The predicted octanol–water partition coefficient (Wildman–Crippen LogP) is 4.94. The molecule has 0 fully saturated rings. The van der Waals surface area contributed by atoms with E-state index in [1.165, 1.54) is 11.1 Å². The highest BCUT2D eigenvalue weighted by molar-refractivity contribution is 5.91. The molecule has 1 N–H and O–H groups in total. The smallest absolute Gasteiger partial charge is 0.224 e. The zero-order chi connectivity index (χ0) is 18.4.